The number of rotatable bonds is 8. The summed E-state index contributed by atoms with van der Waals surface area (Å²) in [6, 6.07) is 17.9. The molecule has 1 aliphatic rings. The highest BCUT2D eigenvalue weighted by Crippen LogP contribution is 2.27. The van der Waals surface area contributed by atoms with Gasteiger partial charge in [-0.2, -0.15) is 0 Å². The van der Waals surface area contributed by atoms with Crippen molar-refractivity contribution in [1.29, 1.82) is 0 Å². The number of thiocarbonyl (C=S) groups is 1. The van der Waals surface area contributed by atoms with Gasteiger partial charge >= 0.3 is 0 Å². The van der Waals surface area contributed by atoms with Crippen molar-refractivity contribution >= 4 is 57.7 Å². The third-order valence-electron chi connectivity index (χ3n) is 5.98. The summed E-state index contributed by atoms with van der Waals surface area (Å²) < 4.78 is 12.5. The Morgan fingerprint density at radius 3 is 2.63 bits per heavy atom. The first-order chi connectivity index (χ1) is 18.4. The molecule has 192 valence electrons. The van der Waals surface area contributed by atoms with E-state index in [-0.39, 0.29) is 29.7 Å². The second-order valence-electron chi connectivity index (χ2n) is 8.47. The summed E-state index contributed by atoms with van der Waals surface area (Å²) in [6.45, 7) is 2.72. The number of para-hydroxylation sites is 1. The summed E-state index contributed by atoms with van der Waals surface area (Å²) >= 11 is 5.31. The number of carbonyl (C=O) groups excluding carboxylic acids is 3. The van der Waals surface area contributed by atoms with Gasteiger partial charge in [0.05, 0.1) is 25.1 Å². The molecule has 0 spiro atoms. The molecule has 0 aliphatic carbocycles. The lowest BCUT2D eigenvalue weighted by Crippen LogP contribution is -2.54. The van der Waals surface area contributed by atoms with Crippen molar-refractivity contribution in [1.82, 2.24) is 15.2 Å². The van der Waals surface area contributed by atoms with E-state index in [1.54, 1.807) is 53.4 Å². The number of aromatic nitrogens is 1. The van der Waals surface area contributed by atoms with Crippen LogP contribution in [0.4, 0.5) is 5.69 Å². The number of hydrogen-bond acceptors (Lipinski definition) is 6. The molecule has 3 amide bonds. The summed E-state index contributed by atoms with van der Waals surface area (Å²) in [5.74, 6) is -0.0311. The van der Waals surface area contributed by atoms with Crippen molar-refractivity contribution in [2.24, 2.45) is 0 Å². The quantitative estimate of drug-likeness (QED) is 0.205. The molecule has 0 bridgehead atoms. The molecule has 2 aromatic carbocycles. The smallest absolute Gasteiger partial charge is 0.270 e. The molecule has 1 saturated heterocycles. The molecule has 1 fully saturated rings. The lowest BCUT2D eigenvalue weighted by atomic mass is 10.1. The van der Waals surface area contributed by atoms with Crippen LogP contribution in [0, 0.1) is 0 Å². The second-order valence-corrected chi connectivity index (χ2v) is 8.86. The summed E-state index contributed by atoms with van der Waals surface area (Å²) in [4.78, 5) is 40.2. The van der Waals surface area contributed by atoms with Gasteiger partial charge in [0, 0.05) is 22.7 Å². The van der Waals surface area contributed by atoms with Crippen LogP contribution < -0.4 is 20.3 Å². The Labute approximate surface area is 223 Å². The third kappa shape index (κ3) is 5.07. The minimum Gasteiger partial charge on any atom is -0.494 e. The van der Waals surface area contributed by atoms with Gasteiger partial charge in [-0.1, -0.05) is 18.2 Å². The minimum atomic E-state index is -0.588. The lowest BCUT2D eigenvalue weighted by molar-refractivity contribution is -0.123. The summed E-state index contributed by atoms with van der Waals surface area (Å²) in [5.41, 5.74) is 1.84. The van der Waals surface area contributed by atoms with Crippen LogP contribution in [-0.2, 0) is 27.5 Å². The molecule has 5 rings (SSSR count). The fourth-order valence-electron chi connectivity index (χ4n) is 4.24. The zero-order valence-corrected chi connectivity index (χ0v) is 21.3. The Hall–Kier alpha value is -4.70. The maximum atomic E-state index is 13.5. The molecule has 3 heterocycles. The van der Waals surface area contributed by atoms with Crippen molar-refractivity contribution in [3.05, 3.63) is 90.0 Å². The topological polar surface area (TPSA) is 106 Å². The van der Waals surface area contributed by atoms with Crippen molar-refractivity contribution in [2.75, 3.05) is 11.5 Å². The molecular weight excluding hydrogens is 504 g/mol. The van der Waals surface area contributed by atoms with Gasteiger partial charge in [0.25, 0.3) is 11.8 Å². The predicted molar refractivity (Wildman–Crippen MR) is 146 cm³/mol. The largest absolute Gasteiger partial charge is 0.494 e. The standard InChI is InChI=1S/C28H24N4O5S/c1-2-36-20-11-9-19(10-12-20)32-27(35)23(26(34)30-28(32)38)14-18-16-31(24-8-4-3-7-22(18)24)17-25(33)29-15-21-6-5-13-37-21/h3-14,16H,2,15,17H2,1H3,(H,29,33)(H,30,34,38). The highest BCUT2D eigenvalue weighted by atomic mass is 32.1. The molecule has 38 heavy (non-hydrogen) atoms. The van der Waals surface area contributed by atoms with Crippen LogP contribution in [0.25, 0.3) is 17.0 Å². The minimum absolute atomic E-state index is 0.00281. The first-order valence-corrected chi connectivity index (χ1v) is 12.4. The van der Waals surface area contributed by atoms with Gasteiger partial charge in [0.2, 0.25) is 5.91 Å². The van der Waals surface area contributed by atoms with Gasteiger partial charge in [-0.3, -0.25) is 24.6 Å². The van der Waals surface area contributed by atoms with Gasteiger partial charge in [-0.15, -0.1) is 0 Å². The summed E-state index contributed by atoms with van der Waals surface area (Å²) in [6.07, 6.45) is 4.83. The first-order valence-electron chi connectivity index (χ1n) is 12.0. The predicted octanol–water partition coefficient (Wildman–Crippen LogP) is 3.78. The number of benzene rings is 2. The zero-order valence-electron chi connectivity index (χ0n) is 20.5. The number of hydrogen-bond donors (Lipinski definition) is 2. The molecule has 0 unspecified atom stereocenters. The molecule has 2 aromatic heterocycles. The second kappa shape index (κ2) is 10.7. The van der Waals surface area contributed by atoms with Crippen LogP contribution in [0.2, 0.25) is 0 Å². The Morgan fingerprint density at radius 2 is 1.89 bits per heavy atom. The zero-order chi connectivity index (χ0) is 26.6. The third-order valence-corrected chi connectivity index (χ3v) is 6.27. The van der Waals surface area contributed by atoms with E-state index < -0.39 is 11.8 Å². The van der Waals surface area contributed by atoms with Crippen LogP contribution >= 0.6 is 12.2 Å². The molecule has 4 aromatic rings. The number of nitrogens with zero attached hydrogens (tertiary/aromatic N) is 2. The van der Waals surface area contributed by atoms with Crippen LogP contribution in [0.1, 0.15) is 18.2 Å². The highest BCUT2D eigenvalue weighted by molar-refractivity contribution is 7.80. The summed E-state index contributed by atoms with van der Waals surface area (Å²) in [5, 5.41) is 6.22. The number of furan rings is 1. The molecule has 2 N–H and O–H groups in total. The monoisotopic (exact) mass is 528 g/mol. The molecule has 10 heteroatoms. The normalized spacial score (nSPS) is 14.7. The van der Waals surface area contributed by atoms with E-state index >= 15 is 0 Å². The van der Waals surface area contributed by atoms with Gasteiger partial charge < -0.3 is 19.0 Å². The van der Waals surface area contributed by atoms with E-state index in [1.165, 1.54) is 11.0 Å². The number of amides is 3. The van der Waals surface area contributed by atoms with Crippen LogP contribution in [0.5, 0.6) is 5.75 Å². The van der Waals surface area contributed by atoms with E-state index in [0.29, 0.717) is 29.4 Å². The number of fused-ring (bicyclic) bond motifs is 1. The van der Waals surface area contributed by atoms with Gasteiger partial charge in [-0.25, -0.2) is 0 Å². The van der Waals surface area contributed by atoms with Crippen molar-refractivity contribution < 1.29 is 23.5 Å². The van der Waals surface area contributed by atoms with Crippen LogP contribution in [0.15, 0.2) is 83.1 Å². The van der Waals surface area contributed by atoms with E-state index in [2.05, 4.69) is 10.6 Å². The van der Waals surface area contributed by atoms with Crippen molar-refractivity contribution in [2.45, 2.75) is 20.0 Å². The average molecular weight is 529 g/mol. The van der Waals surface area contributed by atoms with E-state index in [9.17, 15) is 14.4 Å². The highest BCUT2D eigenvalue weighted by Gasteiger charge is 2.34. The number of ether oxygens (including phenoxy) is 1. The fraction of sp³-hybridized carbons (Fsp3) is 0.143. The van der Waals surface area contributed by atoms with Crippen molar-refractivity contribution in [3.8, 4) is 5.75 Å². The first kappa shape index (κ1) is 25.0. The van der Waals surface area contributed by atoms with Gasteiger partial charge in [-0.05, 0) is 67.7 Å². The average Bonchev–Trinajstić information content (AvgIpc) is 3.55. The van der Waals surface area contributed by atoms with Gasteiger partial charge in [0.1, 0.15) is 23.6 Å². The maximum Gasteiger partial charge on any atom is 0.270 e. The number of anilines is 1. The fourth-order valence-corrected chi connectivity index (χ4v) is 4.52. The van der Waals surface area contributed by atoms with E-state index in [1.807, 2.05) is 31.2 Å². The van der Waals surface area contributed by atoms with E-state index in [0.717, 1.165) is 10.9 Å². The maximum absolute atomic E-state index is 13.5. The molecule has 0 saturated carbocycles. The Balaban J connectivity index is 1.43. The molecule has 9 nitrogen and oxygen atoms in total. The Kier molecular flexibility index (Phi) is 7.05. The lowest BCUT2D eigenvalue weighted by Gasteiger charge is -2.29. The molecule has 0 atom stereocenters. The Morgan fingerprint density at radius 1 is 1.11 bits per heavy atom. The SMILES string of the molecule is CCOc1ccc(N2C(=O)C(=Cc3cn(CC(=O)NCc4ccco4)c4ccccc34)C(=O)NC2=S)cc1. The van der Waals surface area contributed by atoms with Gasteiger partial charge in [0.15, 0.2) is 5.11 Å². The van der Waals surface area contributed by atoms with E-state index in [4.69, 9.17) is 21.4 Å². The number of carbonyl (C=O) groups is 3. The summed E-state index contributed by atoms with van der Waals surface area (Å²) in [7, 11) is 0. The van der Waals surface area contributed by atoms with Crippen LogP contribution in [-0.4, -0.2) is 34.0 Å². The van der Waals surface area contributed by atoms with Crippen LogP contribution in [0.3, 0.4) is 0 Å². The molecule has 1 aliphatic heterocycles. The Bertz CT molecular complexity index is 1550. The molecule has 0 radical (unpaired) electrons. The van der Waals surface area contributed by atoms with Crippen molar-refractivity contribution in [3.63, 3.8) is 0 Å². The number of nitrogens with one attached hydrogen (secondary N) is 2. The molecular formula is C28H24N4O5S.